The molecule has 2 atom stereocenters. The van der Waals surface area contributed by atoms with Crippen molar-refractivity contribution in [1.29, 1.82) is 0 Å². The van der Waals surface area contributed by atoms with E-state index >= 15 is 0 Å². The Morgan fingerprint density at radius 2 is 2.00 bits per heavy atom. The molecular weight excluding hydrogens is 230 g/mol. The molecular formula is C13H17N3O2. The highest BCUT2D eigenvalue weighted by atomic mass is 16.6. The molecule has 1 aromatic rings. The van der Waals surface area contributed by atoms with E-state index in [1.165, 1.54) is 0 Å². The summed E-state index contributed by atoms with van der Waals surface area (Å²) in [5, 5.41) is 14.5. The molecule has 0 aliphatic carbocycles. The summed E-state index contributed by atoms with van der Waals surface area (Å²) in [7, 11) is 0. The molecule has 2 fully saturated rings. The minimum atomic E-state index is -0.269. The van der Waals surface area contributed by atoms with Gasteiger partial charge in [0, 0.05) is 32.2 Å². The lowest BCUT2D eigenvalue weighted by atomic mass is 10.0. The lowest BCUT2D eigenvalue weighted by Crippen LogP contribution is -2.26. The van der Waals surface area contributed by atoms with E-state index in [0.717, 1.165) is 37.4 Å². The molecule has 0 radical (unpaired) electrons. The van der Waals surface area contributed by atoms with E-state index in [4.69, 9.17) is 0 Å². The highest BCUT2D eigenvalue weighted by molar-refractivity contribution is 5.65. The van der Waals surface area contributed by atoms with Gasteiger partial charge in [-0.25, -0.2) is 0 Å². The number of aryl methyl sites for hydroxylation is 1. The topological polar surface area (TPSA) is 58.4 Å². The Kier molecular flexibility index (Phi) is 2.70. The summed E-state index contributed by atoms with van der Waals surface area (Å²) >= 11 is 0. The van der Waals surface area contributed by atoms with Crippen molar-refractivity contribution in [2.45, 2.75) is 6.92 Å². The van der Waals surface area contributed by atoms with E-state index in [1.54, 1.807) is 6.07 Å². The van der Waals surface area contributed by atoms with Crippen molar-refractivity contribution in [2.75, 3.05) is 31.1 Å². The third kappa shape index (κ3) is 1.84. The smallest absolute Gasteiger partial charge is 0.292 e. The second-order valence-corrected chi connectivity index (χ2v) is 5.33. The van der Waals surface area contributed by atoms with Crippen molar-refractivity contribution >= 4 is 11.4 Å². The van der Waals surface area contributed by atoms with Crippen molar-refractivity contribution in [3.05, 3.63) is 33.9 Å². The third-order valence-corrected chi connectivity index (χ3v) is 4.06. The molecule has 96 valence electrons. The van der Waals surface area contributed by atoms with Crippen LogP contribution >= 0.6 is 0 Å². The fourth-order valence-electron chi connectivity index (χ4n) is 3.10. The van der Waals surface area contributed by atoms with Gasteiger partial charge in [-0.2, -0.15) is 0 Å². The molecule has 1 aromatic carbocycles. The van der Waals surface area contributed by atoms with Gasteiger partial charge < -0.3 is 10.2 Å². The summed E-state index contributed by atoms with van der Waals surface area (Å²) in [5.41, 5.74) is 1.95. The van der Waals surface area contributed by atoms with Gasteiger partial charge in [0.1, 0.15) is 5.69 Å². The Morgan fingerprint density at radius 3 is 2.61 bits per heavy atom. The van der Waals surface area contributed by atoms with Crippen LogP contribution in [-0.4, -0.2) is 31.1 Å². The molecule has 5 nitrogen and oxygen atoms in total. The van der Waals surface area contributed by atoms with Crippen LogP contribution in [0.3, 0.4) is 0 Å². The van der Waals surface area contributed by atoms with Crippen LogP contribution in [0.5, 0.6) is 0 Å². The van der Waals surface area contributed by atoms with Crippen LogP contribution in [0, 0.1) is 28.9 Å². The van der Waals surface area contributed by atoms with Crippen molar-refractivity contribution in [1.82, 2.24) is 5.32 Å². The predicted octanol–water partition coefficient (Wildman–Crippen LogP) is 1.56. The molecule has 0 bridgehead atoms. The SMILES string of the molecule is Cc1ccc(N2C[C@H]3CNC[C@H]3C2)c([N+](=O)[O-])c1. The first kappa shape index (κ1) is 11.5. The number of nitrogens with zero attached hydrogens (tertiary/aromatic N) is 2. The van der Waals surface area contributed by atoms with Gasteiger partial charge in [-0.15, -0.1) is 0 Å². The highest BCUT2D eigenvalue weighted by Gasteiger charge is 2.37. The minimum Gasteiger partial charge on any atom is -0.365 e. The molecule has 2 saturated heterocycles. The molecule has 2 heterocycles. The number of nitro groups is 1. The molecule has 18 heavy (non-hydrogen) atoms. The number of hydrogen-bond acceptors (Lipinski definition) is 4. The number of nitrogens with one attached hydrogen (secondary N) is 1. The summed E-state index contributed by atoms with van der Waals surface area (Å²) in [6.07, 6.45) is 0. The van der Waals surface area contributed by atoms with Crippen LogP contribution in [0.1, 0.15) is 5.56 Å². The van der Waals surface area contributed by atoms with Crippen LogP contribution in [0.4, 0.5) is 11.4 Å². The van der Waals surface area contributed by atoms with Crippen molar-refractivity contribution in [3.8, 4) is 0 Å². The molecule has 0 unspecified atom stereocenters. The number of hydrogen-bond donors (Lipinski definition) is 1. The Morgan fingerprint density at radius 1 is 1.33 bits per heavy atom. The molecule has 2 aliphatic rings. The molecule has 2 aliphatic heterocycles. The van der Waals surface area contributed by atoms with Crippen LogP contribution in [0.2, 0.25) is 0 Å². The van der Waals surface area contributed by atoms with Gasteiger partial charge in [-0.3, -0.25) is 10.1 Å². The Bertz CT molecular complexity index is 477. The normalized spacial score (nSPS) is 26.4. The zero-order valence-electron chi connectivity index (χ0n) is 10.4. The van der Waals surface area contributed by atoms with Crippen molar-refractivity contribution in [2.24, 2.45) is 11.8 Å². The quantitative estimate of drug-likeness (QED) is 0.636. The summed E-state index contributed by atoms with van der Waals surface area (Å²) in [6.45, 7) is 5.84. The molecule has 0 spiro atoms. The van der Waals surface area contributed by atoms with Gasteiger partial charge in [0.15, 0.2) is 0 Å². The average molecular weight is 247 g/mol. The van der Waals surface area contributed by atoms with E-state index in [9.17, 15) is 10.1 Å². The van der Waals surface area contributed by atoms with Gasteiger partial charge in [0.25, 0.3) is 5.69 Å². The van der Waals surface area contributed by atoms with Gasteiger partial charge in [-0.1, -0.05) is 6.07 Å². The molecule has 0 aromatic heterocycles. The molecule has 1 N–H and O–H groups in total. The second kappa shape index (κ2) is 4.24. The standard InChI is InChI=1S/C13H17N3O2/c1-9-2-3-12(13(4-9)16(17)18)15-7-10-5-14-6-11(10)8-15/h2-4,10-11,14H,5-8H2,1H3/t10-,11+. The summed E-state index contributed by atoms with van der Waals surface area (Å²) < 4.78 is 0. The van der Waals surface area contributed by atoms with Gasteiger partial charge in [-0.05, 0) is 30.4 Å². The van der Waals surface area contributed by atoms with Gasteiger partial charge >= 0.3 is 0 Å². The first-order chi connectivity index (χ1) is 8.65. The summed E-state index contributed by atoms with van der Waals surface area (Å²) in [5.74, 6) is 1.29. The Hall–Kier alpha value is -1.62. The maximum atomic E-state index is 11.1. The maximum absolute atomic E-state index is 11.1. The van der Waals surface area contributed by atoms with Crippen LogP contribution in [0.25, 0.3) is 0 Å². The number of anilines is 1. The summed E-state index contributed by atoms with van der Waals surface area (Å²) in [4.78, 5) is 13.0. The molecule has 0 saturated carbocycles. The molecule has 0 amide bonds. The number of fused-ring (bicyclic) bond motifs is 1. The van der Waals surface area contributed by atoms with Crippen molar-refractivity contribution < 1.29 is 4.92 Å². The predicted molar refractivity (Wildman–Crippen MR) is 69.9 cm³/mol. The van der Waals surface area contributed by atoms with E-state index in [0.29, 0.717) is 11.8 Å². The summed E-state index contributed by atoms with van der Waals surface area (Å²) in [6, 6.07) is 5.51. The van der Waals surface area contributed by atoms with E-state index in [-0.39, 0.29) is 10.6 Å². The first-order valence-electron chi connectivity index (χ1n) is 6.36. The largest absolute Gasteiger partial charge is 0.365 e. The first-order valence-corrected chi connectivity index (χ1v) is 6.36. The maximum Gasteiger partial charge on any atom is 0.292 e. The van der Waals surface area contributed by atoms with Crippen LogP contribution < -0.4 is 10.2 Å². The minimum absolute atomic E-state index is 0.239. The second-order valence-electron chi connectivity index (χ2n) is 5.33. The Labute approximate surface area is 106 Å². The highest BCUT2D eigenvalue weighted by Crippen LogP contribution is 2.35. The fourth-order valence-corrected chi connectivity index (χ4v) is 3.10. The van der Waals surface area contributed by atoms with Crippen molar-refractivity contribution in [3.63, 3.8) is 0 Å². The number of nitro benzene ring substituents is 1. The lowest BCUT2D eigenvalue weighted by Gasteiger charge is -2.19. The number of benzene rings is 1. The van der Waals surface area contributed by atoms with Crippen LogP contribution in [0.15, 0.2) is 18.2 Å². The lowest BCUT2D eigenvalue weighted by molar-refractivity contribution is -0.384. The van der Waals surface area contributed by atoms with Gasteiger partial charge in [0.05, 0.1) is 4.92 Å². The average Bonchev–Trinajstić information content (AvgIpc) is 2.88. The van der Waals surface area contributed by atoms with E-state index in [2.05, 4.69) is 10.2 Å². The van der Waals surface area contributed by atoms with Gasteiger partial charge in [0.2, 0.25) is 0 Å². The monoisotopic (exact) mass is 247 g/mol. The van der Waals surface area contributed by atoms with E-state index in [1.807, 2.05) is 19.1 Å². The number of rotatable bonds is 2. The Balaban J connectivity index is 1.90. The fraction of sp³-hybridized carbons (Fsp3) is 0.538. The van der Waals surface area contributed by atoms with Crippen LogP contribution in [-0.2, 0) is 0 Å². The molecule has 5 heteroatoms. The zero-order chi connectivity index (χ0) is 12.7. The third-order valence-electron chi connectivity index (χ3n) is 4.06. The molecule has 3 rings (SSSR count). The van der Waals surface area contributed by atoms with E-state index < -0.39 is 0 Å². The zero-order valence-corrected chi connectivity index (χ0v) is 10.4.